The van der Waals surface area contributed by atoms with Gasteiger partial charge in [0.1, 0.15) is 16.1 Å². The van der Waals surface area contributed by atoms with Gasteiger partial charge in [-0.1, -0.05) is 41.4 Å². The molecule has 1 aliphatic heterocycles. The van der Waals surface area contributed by atoms with Crippen LogP contribution in [0.5, 0.6) is 0 Å². The molecule has 0 spiro atoms. The summed E-state index contributed by atoms with van der Waals surface area (Å²) >= 11 is 7.57. The number of rotatable bonds is 4. The zero-order valence-electron chi connectivity index (χ0n) is 18.7. The highest BCUT2D eigenvalue weighted by Crippen LogP contribution is 2.38. The Morgan fingerprint density at radius 2 is 1.88 bits per heavy atom. The summed E-state index contributed by atoms with van der Waals surface area (Å²) in [7, 11) is 0. The molecule has 0 aliphatic carbocycles. The fourth-order valence-corrected chi connectivity index (χ4v) is 5.63. The minimum Gasteiger partial charge on any atom is -0.350 e. The van der Waals surface area contributed by atoms with E-state index < -0.39 is 5.54 Å². The van der Waals surface area contributed by atoms with Crippen LogP contribution < -0.4 is 10.2 Å². The molecule has 33 heavy (non-hydrogen) atoms. The molecule has 1 unspecified atom stereocenters. The second-order valence-electron chi connectivity index (χ2n) is 8.81. The summed E-state index contributed by atoms with van der Waals surface area (Å²) < 4.78 is 1.99. The van der Waals surface area contributed by atoms with E-state index in [-0.39, 0.29) is 11.8 Å². The summed E-state index contributed by atoms with van der Waals surface area (Å²) in [5, 5.41) is 6.74. The van der Waals surface area contributed by atoms with E-state index in [0.29, 0.717) is 23.8 Å². The quantitative estimate of drug-likeness (QED) is 0.409. The van der Waals surface area contributed by atoms with Crippen molar-refractivity contribution in [3.8, 4) is 0 Å². The van der Waals surface area contributed by atoms with Crippen LogP contribution in [0.15, 0.2) is 60.0 Å². The second kappa shape index (κ2) is 8.04. The Labute approximate surface area is 201 Å². The molecule has 0 saturated carbocycles. The van der Waals surface area contributed by atoms with Crippen molar-refractivity contribution in [3.63, 3.8) is 0 Å². The smallest absolute Gasteiger partial charge is 0.275 e. The van der Waals surface area contributed by atoms with Crippen molar-refractivity contribution in [1.29, 1.82) is 0 Å². The lowest BCUT2D eigenvalue weighted by Gasteiger charge is -2.44. The van der Waals surface area contributed by atoms with Crippen molar-refractivity contribution in [2.45, 2.75) is 39.4 Å². The van der Waals surface area contributed by atoms with E-state index >= 15 is 0 Å². The fourth-order valence-electron chi connectivity index (χ4n) is 4.61. The second-order valence-corrected chi connectivity index (χ2v) is 10.1. The lowest BCUT2D eigenvalue weighted by atomic mass is 9.92. The van der Waals surface area contributed by atoms with Gasteiger partial charge >= 0.3 is 0 Å². The molecule has 1 aliphatic rings. The van der Waals surface area contributed by atoms with Gasteiger partial charge in [-0.25, -0.2) is 0 Å². The van der Waals surface area contributed by atoms with E-state index in [1.54, 1.807) is 28.4 Å². The van der Waals surface area contributed by atoms with Crippen molar-refractivity contribution < 1.29 is 9.59 Å². The monoisotopic (exact) mass is 477 g/mol. The van der Waals surface area contributed by atoms with E-state index in [1.165, 1.54) is 0 Å². The molecule has 1 atom stereocenters. The number of aromatic nitrogens is 1. The largest absolute Gasteiger partial charge is 0.350 e. The van der Waals surface area contributed by atoms with Gasteiger partial charge in [0.05, 0.1) is 6.54 Å². The maximum Gasteiger partial charge on any atom is 0.275 e. The molecule has 0 fully saturated rings. The Hall–Kier alpha value is -3.09. The number of hydrogen-bond acceptors (Lipinski definition) is 3. The molecule has 4 aromatic rings. The lowest BCUT2D eigenvalue weighted by molar-refractivity contribution is -0.126. The summed E-state index contributed by atoms with van der Waals surface area (Å²) in [6.45, 7) is 6.58. The number of carbonyl (C=O) groups is 2. The van der Waals surface area contributed by atoms with Gasteiger partial charge in [-0.3, -0.25) is 14.5 Å². The molecule has 0 radical (unpaired) electrons. The van der Waals surface area contributed by atoms with E-state index in [2.05, 4.69) is 5.32 Å². The number of carbonyl (C=O) groups excluding carboxylic acids is 2. The first-order valence-corrected chi connectivity index (χ1v) is 12.0. The van der Waals surface area contributed by atoms with Crippen LogP contribution in [0.25, 0.3) is 10.2 Å². The number of fused-ring (bicyclic) bond motifs is 3. The molecule has 2 amide bonds. The van der Waals surface area contributed by atoms with E-state index in [0.717, 1.165) is 32.6 Å². The average Bonchev–Trinajstić information content (AvgIpc) is 3.37. The van der Waals surface area contributed by atoms with Gasteiger partial charge in [0, 0.05) is 22.6 Å². The fraction of sp³-hybridized carbons (Fsp3) is 0.231. The SMILES string of the molecule is Cc1ccc(N2C(=O)c3cc4ccsc4n3CC2(C)C(=O)NCc2ccc(Cl)cc2)c(C)c1. The highest BCUT2D eigenvalue weighted by Gasteiger charge is 2.49. The molecule has 0 bridgehead atoms. The minimum atomic E-state index is -1.10. The molecule has 3 heterocycles. The Kier molecular flexibility index (Phi) is 5.30. The van der Waals surface area contributed by atoms with Crippen LogP contribution in [0, 0.1) is 13.8 Å². The van der Waals surface area contributed by atoms with Gasteiger partial charge in [-0.2, -0.15) is 0 Å². The van der Waals surface area contributed by atoms with Gasteiger partial charge in [-0.05, 0) is 67.6 Å². The minimum absolute atomic E-state index is 0.166. The number of benzene rings is 2. The standard InChI is InChI=1S/C26H24ClN3O2S/c1-16-4-9-21(17(2)12-16)30-23(31)22-13-19-10-11-33-24(19)29(22)15-26(30,3)25(32)28-14-18-5-7-20(27)8-6-18/h4-13H,14-15H2,1-3H3,(H,28,32). The molecule has 0 saturated heterocycles. The molecule has 5 rings (SSSR count). The van der Waals surface area contributed by atoms with Crippen molar-refractivity contribution in [3.05, 3.63) is 87.4 Å². The van der Waals surface area contributed by atoms with Crippen molar-refractivity contribution in [2.24, 2.45) is 0 Å². The molecular formula is C26H24ClN3O2S. The lowest BCUT2D eigenvalue weighted by Crippen LogP contribution is -2.64. The number of thiophene rings is 1. The topological polar surface area (TPSA) is 54.3 Å². The molecule has 7 heteroatoms. The number of halogens is 1. The van der Waals surface area contributed by atoms with Gasteiger partial charge in [0.25, 0.3) is 5.91 Å². The summed E-state index contributed by atoms with van der Waals surface area (Å²) in [4.78, 5) is 30.3. The van der Waals surface area contributed by atoms with E-state index in [4.69, 9.17) is 11.6 Å². The predicted molar refractivity (Wildman–Crippen MR) is 134 cm³/mol. The van der Waals surface area contributed by atoms with E-state index in [9.17, 15) is 9.59 Å². The van der Waals surface area contributed by atoms with Crippen LogP contribution in [0.4, 0.5) is 5.69 Å². The Bertz CT molecular complexity index is 1390. The van der Waals surface area contributed by atoms with Gasteiger partial charge in [-0.15, -0.1) is 11.3 Å². The number of nitrogens with one attached hydrogen (secondary N) is 1. The summed E-state index contributed by atoms with van der Waals surface area (Å²) in [6, 6.07) is 17.3. The number of hydrogen-bond donors (Lipinski definition) is 1. The third-order valence-electron chi connectivity index (χ3n) is 6.33. The first-order valence-electron chi connectivity index (χ1n) is 10.8. The van der Waals surface area contributed by atoms with Crippen LogP contribution in [-0.2, 0) is 17.9 Å². The van der Waals surface area contributed by atoms with Gasteiger partial charge < -0.3 is 9.88 Å². The first-order chi connectivity index (χ1) is 15.8. The van der Waals surface area contributed by atoms with Crippen molar-refractivity contribution in [1.82, 2.24) is 9.88 Å². The Morgan fingerprint density at radius 1 is 1.12 bits per heavy atom. The number of anilines is 1. The predicted octanol–water partition coefficient (Wildman–Crippen LogP) is 5.71. The third kappa shape index (κ3) is 3.63. The van der Waals surface area contributed by atoms with Crippen LogP contribution in [0.2, 0.25) is 5.02 Å². The molecule has 168 valence electrons. The molecule has 1 N–H and O–H groups in total. The number of nitrogens with zero attached hydrogens (tertiary/aromatic N) is 2. The van der Waals surface area contributed by atoms with Crippen molar-refractivity contribution in [2.75, 3.05) is 4.90 Å². The summed E-state index contributed by atoms with van der Waals surface area (Å²) in [5.74, 6) is -0.365. The normalized spacial score (nSPS) is 17.9. The van der Waals surface area contributed by atoms with Crippen LogP contribution in [0.3, 0.4) is 0 Å². The van der Waals surface area contributed by atoms with Gasteiger partial charge in [0.2, 0.25) is 5.91 Å². The van der Waals surface area contributed by atoms with Gasteiger partial charge in [0.15, 0.2) is 0 Å². The zero-order chi connectivity index (χ0) is 23.3. The molecule has 5 nitrogen and oxygen atoms in total. The zero-order valence-corrected chi connectivity index (χ0v) is 20.3. The van der Waals surface area contributed by atoms with E-state index in [1.807, 2.05) is 73.2 Å². The highest BCUT2D eigenvalue weighted by molar-refractivity contribution is 7.16. The Balaban J connectivity index is 1.57. The molecular weight excluding hydrogens is 454 g/mol. The summed E-state index contributed by atoms with van der Waals surface area (Å²) in [5.41, 5.74) is 3.27. The first kappa shape index (κ1) is 21.7. The van der Waals surface area contributed by atoms with Crippen LogP contribution in [0.1, 0.15) is 34.1 Å². The number of amides is 2. The Morgan fingerprint density at radius 3 is 2.61 bits per heavy atom. The molecule has 2 aromatic heterocycles. The maximum atomic E-state index is 13.9. The van der Waals surface area contributed by atoms with Crippen LogP contribution in [-0.4, -0.2) is 21.9 Å². The van der Waals surface area contributed by atoms with Crippen molar-refractivity contribution >= 4 is 50.7 Å². The summed E-state index contributed by atoms with van der Waals surface area (Å²) in [6.07, 6.45) is 0. The number of aryl methyl sites for hydroxylation is 2. The maximum absolute atomic E-state index is 13.9. The van der Waals surface area contributed by atoms with Crippen LogP contribution >= 0.6 is 22.9 Å². The average molecular weight is 478 g/mol. The third-order valence-corrected chi connectivity index (χ3v) is 7.54. The molecule has 2 aromatic carbocycles. The highest BCUT2D eigenvalue weighted by atomic mass is 35.5.